The number of ketones is 1. The molecule has 0 spiro atoms. The molecule has 2 aromatic carbocycles. The minimum Gasteiger partial charge on any atom is -0.362 e. The van der Waals surface area contributed by atoms with Crippen molar-refractivity contribution in [3.05, 3.63) is 88.0 Å². The van der Waals surface area contributed by atoms with E-state index in [1.54, 1.807) is 12.1 Å². The molecule has 1 amide bonds. The Morgan fingerprint density at radius 3 is 2.45 bits per heavy atom. The van der Waals surface area contributed by atoms with Crippen molar-refractivity contribution in [1.29, 1.82) is 0 Å². The van der Waals surface area contributed by atoms with Crippen molar-refractivity contribution in [2.24, 2.45) is 5.41 Å². The second-order valence-electron chi connectivity index (χ2n) is 9.22. The number of anilines is 1. The molecule has 1 aliphatic carbocycles. The van der Waals surface area contributed by atoms with E-state index in [-0.39, 0.29) is 16.9 Å². The summed E-state index contributed by atoms with van der Waals surface area (Å²) in [4.78, 5) is 26.7. The van der Waals surface area contributed by atoms with E-state index >= 15 is 0 Å². The average molecular weight is 419 g/mol. The maximum atomic E-state index is 14.2. The zero-order chi connectivity index (χ0) is 22.3. The second-order valence-corrected chi connectivity index (χ2v) is 9.22. The van der Waals surface area contributed by atoms with Crippen LogP contribution < -0.4 is 10.6 Å². The number of aryl methyl sites for hydroxylation is 1. The lowest BCUT2D eigenvalue weighted by atomic mass is 9.68. The van der Waals surface area contributed by atoms with Crippen LogP contribution in [0, 0.1) is 18.2 Å². The average Bonchev–Trinajstić information content (AvgIpc) is 2.68. The monoisotopic (exact) mass is 418 g/mol. The van der Waals surface area contributed by atoms with Crippen LogP contribution in [0.2, 0.25) is 0 Å². The number of allylic oxidation sites excluding steroid dienone is 3. The quantitative estimate of drug-likeness (QED) is 0.704. The van der Waals surface area contributed by atoms with Crippen LogP contribution in [0.1, 0.15) is 50.7 Å². The topological polar surface area (TPSA) is 58.2 Å². The SMILES string of the molecule is CC1=C(C(=O)Nc2ccccc2F)C(c2ccccc2C)C2=C(CC(C)(C)CC2=O)N1. The highest BCUT2D eigenvalue weighted by Crippen LogP contribution is 2.47. The lowest BCUT2D eigenvalue weighted by molar-refractivity contribution is -0.118. The van der Waals surface area contributed by atoms with Gasteiger partial charge in [0.15, 0.2) is 5.78 Å². The molecule has 1 unspecified atom stereocenters. The predicted molar refractivity (Wildman–Crippen MR) is 120 cm³/mol. The summed E-state index contributed by atoms with van der Waals surface area (Å²) in [5.74, 6) is -1.35. The Hall–Kier alpha value is -3.21. The molecular formula is C26H27FN2O2. The van der Waals surface area contributed by atoms with E-state index in [9.17, 15) is 14.0 Å². The fourth-order valence-electron chi connectivity index (χ4n) is 4.71. The van der Waals surface area contributed by atoms with E-state index in [2.05, 4.69) is 24.5 Å². The summed E-state index contributed by atoms with van der Waals surface area (Å²) in [6, 6.07) is 13.9. The van der Waals surface area contributed by atoms with Gasteiger partial charge >= 0.3 is 0 Å². The van der Waals surface area contributed by atoms with Crippen molar-refractivity contribution >= 4 is 17.4 Å². The van der Waals surface area contributed by atoms with Gasteiger partial charge in [-0.3, -0.25) is 9.59 Å². The highest BCUT2D eigenvalue weighted by Gasteiger charge is 2.43. The molecule has 0 aromatic heterocycles. The maximum absolute atomic E-state index is 14.2. The number of dihydropyridines is 1. The fourth-order valence-corrected chi connectivity index (χ4v) is 4.71. The molecular weight excluding hydrogens is 391 g/mol. The molecule has 31 heavy (non-hydrogen) atoms. The zero-order valence-corrected chi connectivity index (χ0v) is 18.3. The molecule has 4 rings (SSSR count). The fraction of sp³-hybridized carbons (Fsp3) is 0.308. The number of carbonyl (C=O) groups excluding carboxylic acids is 2. The van der Waals surface area contributed by atoms with Gasteiger partial charge < -0.3 is 10.6 Å². The van der Waals surface area contributed by atoms with Crippen molar-refractivity contribution < 1.29 is 14.0 Å². The molecule has 0 radical (unpaired) electrons. The Morgan fingerprint density at radius 2 is 1.74 bits per heavy atom. The Bertz CT molecular complexity index is 1140. The second kappa shape index (κ2) is 7.80. The van der Waals surface area contributed by atoms with E-state index in [0.717, 1.165) is 23.2 Å². The van der Waals surface area contributed by atoms with Gasteiger partial charge in [0.05, 0.1) is 5.69 Å². The van der Waals surface area contributed by atoms with Gasteiger partial charge in [-0.05, 0) is 48.9 Å². The third kappa shape index (κ3) is 3.92. The molecule has 2 aromatic rings. The van der Waals surface area contributed by atoms with E-state index in [1.165, 1.54) is 12.1 Å². The number of Topliss-reactive ketones (excluding diaryl/α,β-unsaturated/α-hetero) is 1. The number of rotatable bonds is 3. The van der Waals surface area contributed by atoms with Gasteiger partial charge in [-0.2, -0.15) is 0 Å². The number of amides is 1. The molecule has 1 heterocycles. The smallest absolute Gasteiger partial charge is 0.254 e. The minimum absolute atomic E-state index is 0.0516. The number of benzene rings is 2. The predicted octanol–water partition coefficient (Wildman–Crippen LogP) is 5.38. The number of hydrogen-bond donors (Lipinski definition) is 2. The Morgan fingerprint density at radius 1 is 1.06 bits per heavy atom. The number of carbonyl (C=O) groups is 2. The minimum atomic E-state index is -0.499. The van der Waals surface area contributed by atoms with Gasteiger partial charge in [0, 0.05) is 34.9 Å². The summed E-state index contributed by atoms with van der Waals surface area (Å²) >= 11 is 0. The van der Waals surface area contributed by atoms with Gasteiger partial charge in [0.2, 0.25) is 0 Å². The summed E-state index contributed by atoms with van der Waals surface area (Å²) in [7, 11) is 0. The van der Waals surface area contributed by atoms with Crippen LogP contribution in [0.15, 0.2) is 71.1 Å². The van der Waals surface area contributed by atoms with Gasteiger partial charge in [-0.1, -0.05) is 50.2 Å². The number of nitrogens with one attached hydrogen (secondary N) is 2. The summed E-state index contributed by atoms with van der Waals surface area (Å²) < 4.78 is 14.2. The number of hydrogen-bond acceptors (Lipinski definition) is 3. The van der Waals surface area contributed by atoms with Gasteiger partial charge in [0.1, 0.15) is 5.82 Å². The molecule has 0 fully saturated rings. The van der Waals surface area contributed by atoms with Gasteiger partial charge in [-0.15, -0.1) is 0 Å². The summed E-state index contributed by atoms with van der Waals surface area (Å²) in [6.45, 7) is 7.99. The molecule has 1 atom stereocenters. The molecule has 2 N–H and O–H groups in total. The van der Waals surface area contributed by atoms with Gasteiger partial charge in [0.25, 0.3) is 5.91 Å². The highest BCUT2D eigenvalue weighted by molar-refractivity contribution is 6.10. The van der Waals surface area contributed by atoms with Crippen molar-refractivity contribution in [2.75, 3.05) is 5.32 Å². The summed E-state index contributed by atoms with van der Waals surface area (Å²) in [5, 5.41) is 6.05. The van der Waals surface area contributed by atoms with Crippen LogP contribution in [-0.4, -0.2) is 11.7 Å². The lowest BCUT2D eigenvalue weighted by Crippen LogP contribution is -2.39. The normalized spacial score (nSPS) is 20.3. The Balaban J connectivity index is 1.84. The van der Waals surface area contributed by atoms with Gasteiger partial charge in [-0.25, -0.2) is 4.39 Å². The molecule has 4 nitrogen and oxygen atoms in total. The Labute approximate surface area is 182 Å². The first kappa shape index (κ1) is 21.0. The lowest BCUT2D eigenvalue weighted by Gasteiger charge is -2.40. The maximum Gasteiger partial charge on any atom is 0.254 e. The van der Waals surface area contributed by atoms with Crippen LogP contribution in [0.5, 0.6) is 0 Å². The first-order chi connectivity index (χ1) is 14.7. The van der Waals surface area contributed by atoms with Crippen LogP contribution in [0.3, 0.4) is 0 Å². The van der Waals surface area contributed by atoms with Crippen molar-refractivity contribution in [3.63, 3.8) is 0 Å². The third-order valence-corrected chi connectivity index (χ3v) is 6.11. The van der Waals surface area contributed by atoms with Crippen LogP contribution in [0.25, 0.3) is 0 Å². The van der Waals surface area contributed by atoms with E-state index in [0.29, 0.717) is 23.3 Å². The van der Waals surface area contributed by atoms with Crippen molar-refractivity contribution in [3.8, 4) is 0 Å². The van der Waals surface area contributed by atoms with E-state index in [4.69, 9.17) is 0 Å². The zero-order valence-electron chi connectivity index (χ0n) is 18.3. The molecule has 0 saturated heterocycles. The largest absolute Gasteiger partial charge is 0.362 e. The summed E-state index contributed by atoms with van der Waals surface area (Å²) in [5.41, 5.74) is 4.56. The first-order valence-electron chi connectivity index (χ1n) is 10.5. The number of para-hydroxylation sites is 1. The number of halogens is 1. The van der Waals surface area contributed by atoms with Crippen molar-refractivity contribution in [1.82, 2.24) is 5.32 Å². The van der Waals surface area contributed by atoms with Crippen LogP contribution in [-0.2, 0) is 9.59 Å². The summed E-state index contributed by atoms with van der Waals surface area (Å²) in [6.07, 6.45) is 1.16. The molecule has 2 aliphatic rings. The van der Waals surface area contributed by atoms with Crippen LogP contribution in [0.4, 0.5) is 10.1 Å². The highest BCUT2D eigenvalue weighted by atomic mass is 19.1. The standard InChI is InChI=1S/C26H27FN2O2/c1-15-9-5-6-10-17(15)23-22(25(31)29-19-12-8-7-11-18(19)27)16(2)28-20-13-26(3,4)14-21(30)24(20)23/h5-12,23,28H,13-14H2,1-4H3,(H,29,31). The van der Waals surface area contributed by atoms with E-state index < -0.39 is 17.6 Å². The van der Waals surface area contributed by atoms with E-state index in [1.807, 2.05) is 38.1 Å². The van der Waals surface area contributed by atoms with Crippen LogP contribution >= 0.6 is 0 Å². The molecule has 160 valence electrons. The van der Waals surface area contributed by atoms with Crippen molar-refractivity contribution in [2.45, 2.75) is 46.5 Å². The molecule has 0 saturated carbocycles. The molecule has 5 heteroatoms. The first-order valence-corrected chi connectivity index (χ1v) is 10.5. The third-order valence-electron chi connectivity index (χ3n) is 6.11. The Kier molecular flexibility index (Phi) is 5.29. The molecule has 1 aliphatic heterocycles. The molecule has 0 bridgehead atoms.